The van der Waals surface area contributed by atoms with Crippen LogP contribution >= 0.6 is 0 Å². The Hall–Kier alpha value is -3.05. The minimum absolute atomic E-state index is 0.0202. The highest BCUT2D eigenvalue weighted by Gasteiger charge is 2.17. The highest BCUT2D eigenvalue weighted by Crippen LogP contribution is 2.30. The number of aliphatic hydroxyl groups is 1. The van der Waals surface area contributed by atoms with Gasteiger partial charge in [-0.05, 0) is 23.6 Å². The van der Waals surface area contributed by atoms with Crippen LogP contribution in [0.2, 0.25) is 0 Å². The molecule has 0 bridgehead atoms. The van der Waals surface area contributed by atoms with Gasteiger partial charge in [-0.1, -0.05) is 56.8 Å². The van der Waals surface area contributed by atoms with Gasteiger partial charge >= 0.3 is 0 Å². The van der Waals surface area contributed by atoms with E-state index in [0.717, 1.165) is 40.6 Å². The number of nitrogens with zero attached hydrogens (tertiary/aromatic N) is 2. The summed E-state index contributed by atoms with van der Waals surface area (Å²) >= 11 is 0. The zero-order chi connectivity index (χ0) is 19.4. The first-order chi connectivity index (χ1) is 13.0. The molecule has 0 aliphatic heterocycles. The van der Waals surface area contributed by atoms with E-state index in [1.165, 1.54) is 0 Å². The molecule has 140 valence electrons. The summed E-state index contributed by atoms with van der Waals surface area (Å²) in [5.74, 6) is 1.23. The molecule has 0 saturated carbocycles. The number of hydrogen-bond donors (Lipinski definition) is 3. The van der Waals surface area contributed by atoms with E-state index in [4.69, 9.17) is 5.73 Å². The summed E-state index contributed by atoms with van der Waals surface area (Å²) < 4.78 is 2.03. The zero-order valence-electron chi connectivity index (χ0n) is 15.8. The minimum Gasteiger partial charge on any atom is -0.397 e. The van der Waals surface area contributed by atoms with Gasteiger partial charge in [0, 0.05) is 12.1 Å². The molecule has 0 atom stereocenters. The van der Waals surface area contributed by atoms with Gasteiger partial charge in [-0.15, -0.1) is 0 Å². The summed E-state index contributed by atoms with van der Waals surface area (Å²) in [6.07, 6.45) is 1.83. The van der Waals surface area contributed by atoms with Gasteiger partial charge in [-0.25, -0.2) is 4.98 Å². The van der Waals surface area contributed by atoms with Crippen LogP contribution in [-0.2, 0) is 6.61 Å². The fourth-order valence-electron chi connectivity index (χ4n) is 2.89. The molecule has 0 aliphatic rings. The Balaban J connectivity index is 2.11. The molecule has 0 saturated heterocycles. The van der Waals surface area contributed by atoms with E-state index in [2.05, 4.69) is 30.7 Å². The maximum absolute atomic E-state index is 9.29. The van der Waals surface area contributed by atoms with Crippen molar-refractivity contribution in [3.8, 4) is 16.9 Å². The summed E-state index contributed by atoms with van der Waals surface area (Å²) in [4.78, 5) is 4.63. The van der Waals surface area contributed by atoms with Gasteiger partial charge in [0.2, 0.25) is 0 Å². The van der Waals surface area contributed by atoms with Gasteiger partial charge in [0.15, 0.2) is 5.82 Å². The van der Waals surface area contributed by atoms with E-state index < -0.39 is 0 Å². The maximum Gasteiger partial charge on any atom is 0.160 e. The lowest BCUT2D eigenvalue weighted by molar-refractivity contribution is 0.282. The number of nitrogens with one attached hydrogen (secondary N) is 1. The second-order valence-electron chi connectivity index (χ2n) is 6.97. The average molecular weight is 362 g/mol. The number of para-hydroxylation sites is 2. The average Bonchev–Trinajstić information content (AvgIpc) is 3.11. The number of aliphatic hydroxyl groups excluding tert-OH is 1. The van der Waals surface area contributed by atoms with E-state index in [9.17, 15) is 5.11 Å². The van der Waals surface area contributed by atoms with Crippen molar-refractivity contribution in [2.45, 2.75) is 20.5 Å². The quantitative estimate of drug-likeness (QED) is 0.558. The molecule has 0 fully saturated rings. The van der Waals surface area contributed by atoms with Crippen molar-refractivity contribution >= 4 is 11.4 Å². The fraction of sp³-hybridized carbons (Fsp3) is 0.227. The Morgan fingerprint density at radius 1 is 1.19 bits per heavy atom. The van der Waals surface area contributed by atoms with Crippen molar-refractivity contribution in [1.82, 2.24) is 14.9 Å². The molecule has 1 heterocycles. The molecule has 0 unspecified atom stereocenters. The van der Waals surface area contributed by atoms with Gasteiger partial charge in [0.25, 0.3) is 0 Å². The summed E-state index contributed by atoms with van der Waals surface area (Å²) in [5.41, 5.74) is 11.3. The topological polar surface area (TPSA) is 76.1 Å². The number of anilines is 1. The molecular weight excluding hydrogens is 336 g/mol. The van der Waals surface area contributed by atoms with E-state index >= 15 is 0 Å². The Kier molecular flexibility index (Phi) is 5.62. The molecule has 0 spiro atoms. The van der Waals surface area contributed by atoms with Crippen molar-refractivity contribution in [1.29, 1.82) is 0 Å². The second-order valence-corrected chi connectivity index (χ2v) is 6.97. The van der Waals surface area contributed by atoms with Crippen molar-refractivity contribution in [3.63, 3.8) is 0 Å². The summed E-state index contributed by atoms with van der Waals surface area (Å²) in [6, 6.07) is 15.5. The third kappa shape index (κ3) is 4.04. The van der Waals surface area contributed by atoms with Crippen LogP contribution in [0.15, 0.2) is 61.3 Å². The maximum atomic E-state index is 9.29. The molecular formula is C22H26N4O. The van der Waals surface area contributed by atoms with Gasteiger partial charge < -0.3 is 16.2 Å². The number of hydrogen-bond acceptors (Lipinski definition) is 4. The van der Waals surface area contributed by atoms with Crippen molar-refractivity contribution in [2.24, 2.45) is 5.92 Å². The molecule has 3 aromatic rings. The lowest BCUT2D eigenvalue weighted by Gasteiger charge is -2.17. The normalized spacial score (nSPS) is 11.0. The third-order valence-corrected chi connectivity index (χ3v) is 4.37. The zero-order valence-corrected chi connectivity index (χ0v) is 15.8. The number of rotatable bonds is 7. The number of imidazole rings is 1. The Morgan fingerprint density at radius 3 is 2.52 bits per heavy atom. The third-order valence-electron chi connectivity index (χ3n) is 4.37. The van der Waals surface area contributed by atoms with Crippen LogP contribution in [-0.4, -0.2) is 21.2 Å². The van der Waals surface area contributed by atoms with Gasteiger partial charge in [-0.3, -0.25) is 4.57 Å². The van der Waals surface area contributed by atoms with Crippen molar-refractivity contribution in [3.05, 3.63) is 72.7 Å². The molecule has 5 heteroatoms. The van der Waals surface area contributed by atoms with Crippen LogP contribution in [0.5, 0.6) is 0 Å². The summed E-state index contributed by atoms with van der Waals surface area (Å²) in [6.45, 7) is 9.31. The number of nitrogens with two attached hydrogens (primary N) is 1. The molecule has 0 aliphatic carbocycles. The SMILES string of the molecule is C=C(NCC(C)C)c1ncc(-c2ccc(CO)cc2)n1-c1ccccc1N. The summed E-state index contributed by atoms with van der Waals surface area (Å²) in [7, 11) is 0. The van der Waals surface area contributed by atoms with Crippen LogP contribution in [0.25, 0.3) is 22.6 Å². The number of benzene rings is 2. The molecule has 2 aromatic carbocycles. The smallest absolute Gasteiger partial charge is 0.160 e. The second kappa shape index (κ2) is 8.10. The largest absolute Gasteiger partial charge is 0.397 e. The molecule has 3 rings (SSSR count). The predicted octanol–water partition coefficient (Wildman–Crippen LogP) is 3.83. The molecule has 27 heavy (non-hydrogen) atoms. The van der Waals surface area contributed by atoms with Crippen LogP contribution in [0.4, 0.5) is 5.69 Å². The first-order valence-electron chi connectivity index (χ1n) is 9.07. The molecule has 0 amide bonds. The molecule has 4 N–H and O–H groups in total. The number of nitrogen functional groups attached to an aromatic ring is 1. The van der Waals surface area contributed by atoms with Crippen molar-refractivity contribution in [2.75, 3.05) is 12.3 Å². The Bertz CT molecular complexity index is 926. The standard InChI is InChI=1S/C22H26N4O/c1-15(2)12-24-16(3)22-25-13-21(18-10-8-17(14-27)9-11-18)26(22)20-7-5-4-6-19(20)23/h4-11,13,15,24,27H,3,12,14,23H2,1-2H3. The van der Waals surface area contributed by atoms with E-state index in [-0.39, 0.29) is 6.61 Å². The van der Waals surface area contributed by atoms with E-state index in [0.29, 0.717) is 11.6 Å². The first kappa shape index (κ1) is 18.7. The van der Waals surface area contributed by atoms with E-state index in [1.54, 1.807) is 0 Å². The minimum atomic E-state index is 0.0202. The van der Waals surface area contributed by atoms with Crippen LogP contribution in [0, 0.1) is 5.92 Å². The summed E-state index contributed by atoms with van der Waals surface area (Å²) in [5, 5.41) is 12.7. The molecule has 0 radical (unpaired) electrons. The van der Waals surface area contributed by atoms with Crippen LogP contribution < -0.4 is 11.1 Å². The lowest BCUT2D eigenvalue weighted by atomic mass is 10.1. The van der Waals surface area contributed by atoms with Crippen LogP contribution in [0.3, 0.4) is 0 Å². The van der Waals surface area contributed by atoms with E-state index in [1.807, 2.05) is 59.3 Å². The number of aromatic nitrogens is 2. The molecule has 5 nitrogen and oxygen atoms in total. The highest BCUT2D eigenvalue weighted by molar-refractivity contribution is 5.72. The van der Waals surface area contributed by atoms with Crippen molar-refractivity contribution < 1.29 is 5.11 Å². The Morgan fingerprint density at radius 2 is 1.89 bits per heavy atom. The van der Waals surface area contributed by atoms with Crippen LogP contribution in [0.1, 0.15) is 25.2 Å². The lowest BCUT2D eigenvalue weighted by Crippen LogP contribution is -2.20. The highest BCUT2D eigenvalue weighted by atomic mass is 16.3. The first-order valence-corrected chi connectivity index (χ1v) is 9.07. The van der Waals surface area contributed by atoms with Gasteiger partial charge in [-0.2, -0.15) is 0 Å². The molecule has 1 aromatic heterocycles. The Labute approximate surface area is 160 Å². The fourth-order valence-corrected chi connectivity index (χ4v) is 2.89. The predicted molar refractivity (Wildman–Crippen MR) is 111 cm³/mol. The van der Waals surface area contributed by atoms with Gasteiger partial charge in [0.05, 0.1) is 35.6 Å². The van der Waals surface area contributed by atoms with Gasteiger partial charge in [0.1, 0.15) is 0 Å². The monoisotopic (exact) mass is 362 g/mol.